The predicted molar refractivity (Wildman–Crippen MR) is 112 cm³/mol. The minimum atomic E-state index is -0.188. The molecule has 1 aromatic heterocycles. The zero-order chi connectivity index (χ0) is 19.8. The lowest BCUT2D eigenvalue weighted by Gasteiger charge is -2.46. The molecular weight excluding hydrogens is 366 g/mol. The average Bonchev–Trinajstić information content (AvgIpc) is 2.78. The quantitative estimate of drug-likeness (QED) is 0.669. The first-order chi connectivity index (χ1) is 14.2. The zero-order valence-corrected chi connectivity index (χ0v) is 16.8. The molecule has 0 radical (unpaired) electrons. The van der Waals surface area contributed by atoms with E-state index in [9.17, 15) is 0 Å². The lowest BCUT2D eigenvalue weighted by Crippen LogP contribution is -2.51. The number of piperidine rings is 1. The number of ether oxygens (including phenoxy) is 3. The van der Waals surface area contributed by atoms with E-state index in [1.165, 1.54) is 0 Å². The first-order valence-electron chi connectivity index (χ1n) is 10.1. The molecule has 1 saturated heterocycles. The van der Waals surface area contributed by atoms with Crippen LogP contribution in [0.15, 0.2) is 48.8 Å². The maximum Gasteiger partial charge on any atom is 0.145 e. The maximum atomic E-state index is 6.54. The summed E-state index contributed by atoms with van der Waals surface area (Å²) in [6, 6.07) is 14.2. The standard InChI is InChI=1S/C23H25N3O3/c1-27-19-9-5-7-17-21(19)24-15-25-22(17)26-12-10-23(11-13-26)14-20(28-2)16-6-3-4-8-18(16)29-23/h3-9,15,20H,10-14H2,1-2H3. The zero-order valence-electron chi connectivity index (χ0n) is 16.8. The van der Waals surface area contributed by atoms with Crippen LogP contribution in [-0.4, -0.2) is 42.9 Å². The molecule has 3 heterocycles. The van der Waals surface area contributed by atoms with E-state index < -0.39 is 0 Å². The van der Waals surface area contributed by atoms with Crippen molar-refractivity contribution in [3.63, 3.8) is 0 Å². The van der Waals surface area contributed by atoms with Gasteiger partial charge in [-0.1, -0.05) is 24.3 Å². The molecule has 29 heavy (non-hydrogen) atoms. The van der Waals surface area contributed by atoms with Crippen LogP contribution in [0.25, 0.3) is 10.9 Å². The molecule has 1 spiro atoms. The van der Waals surface area contributed by atoms with Crippen molar-refractivity contribution in [2.24, 2.45) is 0 Å². The van der Waals surface area contributed by atoms with Gasteiger partial charge in [-0.15, -0.1) is 0 Å². The van der Waals surface area contributed by atoms with Crippen molar-refractivity contribution < 1.29 is 14.2 Å². The third kappa shape index (κ3) is 3.08. The van der Waals surface area contributed by atoms with Crippen LogP contribution in [0.2, 0.25) is 0 Å². The Hall–Kier alpha value is -2.86. The SMILES string of the molecule is COc1cccc2c(N3CCC4(CC3)CC(OC)c3ccccc3O4)ncnc12. The predicted octanol–water partition coefficient (Wildman–Crippen LogP) is 4.15. The first-order valence-corrected chi connectivity index (χ1v) is 10.1. The summed E-state index contributed by atoms with van der Waals surface area (Å²) in [7, 11) is 3.46. The Morgan fingerprint density at radius 1 is 1.03 bits per heavy atom. The van der Waals surface area contributed by atoms with Crippen LogP contribution in [0.1, 0.15) is 30.9 Å². The number of benzene rings is 2. The van der Waals surface area contributed by atoms with Crippen molar-refractivity contribution in [3.8, 4) is 11.5 Å². The molecule has 0 aliphatic carbocycles. The van der Waals surface area contributed by atoms with Crippen molar-refractivity contribution in [1.82, 2.24) is 9.97 Å². The van der Waals surface area contributed by atoms with Crippen LogP contribution < -0.4 is 14.4 Å². The maximum absolute atomic E-state index is 6.54. The van der Waals surface area contributed by atoms with Crippen molar-refractivity contribution in [3.05, 3.63) is 54.4 Å². The van der Waals surface area contributed by atoms with Gasteiger partial charge in [-0.25, -0.2) is 9.97 Å². The number of anilines is 1. The van der Waals surface area contributed by atoms with Gasteiger partial charge in [0.05, 0.1) is 13.2 Å². The second kappa shape index (κ2) is 7.19. The molecule has 0 saturated carbocycles. The number of nitrogens with zero attached hydrogens (tertiary/aromatic N) is 3. The smallest absolute Gasteiger partial charge is 0.145 e. The summed E-state index contributed by atoms with van der Waals surface area (Å²) < 4.78 is 17.8. The molecule has 3 aromatic rings. The lowest BCUT2D eigenvalue weighted by molar-refractivity contribution is -0.0448. The summed E-state index contributed by atoms with van der Waals surface area (Å²) in [5.74, 6) is 2.69. The van der Waals surface area contributed by atoms with Gasteiger partial charge in [0.25, 0.3) is 0 Å². The number of hydrogen-bond donors (Lipinski definition) is 0. The Morgan fingerprint density at radius 2 is 1.86 bits per heavy atom. The molecule has 1 atom stereocenters. The number of para-hydroxylation sites is 2. The van der Waals surface area contributed by atoms with Gasteiger partial charge in [-0.3, -0.25) is 0 Å². The minimum Gasteiger partial charge on any atom is -0.494 e. The molecule has 1 unspecified atom stereocenters. The Bertz CT molecular complexity index is 1030. The molecule has 0 bridgehead atoms. The van der Waals surface area contributed by atoms with Gasteiger partial charge in [0, 0.05) is 50.4 Å². The largest absolute Gasteiger partial charge is 0.494 e. The summed E-state index contributed by atoms with van der Waals surface area (Å²) >= 11 is 0. The van der Waals surface area contributed by atoms with Crippen LogP contribution in [0.3, 0.4) is 0 Å². The van der Waals surface area contributed by atoms with Crippen LogP contribution in [-0.2, 0) is 4.74 Å². The molecule has 150 valence electrons. The number of aromatic nitrogens is 2. The van der Waals surface area contributed by atoms with E-state index in [1.54, 1.807) is 20.5 Å². The summed E-state index contributed by atoms with van der Waals surface area (Å²) in [6.45, 7) is 1.75. The van der Waals surface area contributed by atoms with Gasteiger partial charge >= 0.3 is 0 Å². The topological polar surface area (TPSA) is 56.7 Å². The van der Waals surface area contributed by atoms with E-state index in [-0.39, 0.29) is 11.7 Å². The lowest BCUT2D eigenvalue weighted by atomic mass is 9.81. The molecule has 0 amide bonds. The van der Waals surface area contributed by atoms with Crippen molar-refractivity contribution in [2.45, 2.75) is 31.0 Å². The monoisotopic (exact) mass is 391 g/mol. The van der Waals surface area contributed by atoms with Gasteiger partial charge in [-0.2, -0.15) is 0 Å². The van der Waals surface area contributed by atoms with Crippen LogP contribution >= 0.6 is 0 Å². The second-order valence-electron chi connectivity index (χ2n) is 7.79. The van der Waals surface area contributed by atoms with E-state index in [1.807, 2.05) is 24.3 Å². The number of rotatable bonds is 3. The number of fused-ring (bicyclic) bond motifs is 2. The Labute approximate surface area is 170 Å². The molecular formula is C23H25N3O3. The summed E-state index contributed by atoms with van der Waals surface area (Å²) in [5, 5.41) is 1.02. The Morgan fingerprint density at radius 3 is 2.66 bits per heavy atom. The highest BCUT2D eigenvalue weighted by atomic mass is 16.5. The van der Waals surface area contributed by atoms with Gasteiger partial charge in [0.1, 0.15) is 34.8 Å². The van der Waals surface area contributed by atoms with E-state index in [4.69, 9.17) is 14.2 Å². The van der Waals surface area contributed by atoms with Gasteiger partial charge in [0.15, 0.2) is 0 Å². The molecule has 2 aliphatic rings. The molecule has 2 aromatic carbocycles. The van der Waals surface area contributed by atoms with Gasteiger partial charge in [-0.05, 0) is 18.2 Å². The molecule has 1 fully saturated rings. The van der Waals surface area contributed by atoms with Gasteiger partial charge < -0.3 is 19.1 Å². The number of hydrogen-bond acceptors (Lipinski definition) is 6. The fourth-order valence-corrected chi connectivity index (χ4v) is 4.67. The summed E-state index contributed by atoms with van der Waals surface area (Å²) in [4.78, 5) is 11.4. The summed E-state index contributed by atoms with van der Waals surface area (Å²) in [5.41, 5.74) is 1.81. The van der Waals surface area contributed by atoms with Crippen molar-refractivity contribution in [2.75, 3.05) is 32.2 Å². The average molecular weight is 391 g/mol. The highest BCUT2D eigenvalue weighted by Gasteiger charge is 2.43. The summed E-state index contributed by atoms with van der Waals surface area (Å²) in [6.07, 6.45) is 4.44. The van der Waals surface area contributed by atoms with Crippen LogP contribution in [0, 0.1) is 0 Å². The normalized spacial score (nSPS) is 20.3. The molecule has 2 aliphatic heterocycles. The highest BCUT2D eigenvalue weighted by Crippen LogP contribution is 2.46. The fourth-order valence-electron chi connectivity index (χ4n) is 4.67. The fraction of sp³-hybridized carbons (Fsp3) is 0.391. The third-order valence-electron chi connectivity index (χ3n) is 6.24. The van der Waals surface area contributed by atoms with E-state index in [2.05, 4.69) is 33.1 Å². The van der Waals surface area contributed by atoms with E-state index in [0.29, 0.717) is 0 Å². The van der Waals surface area contributed by atoms with Crippen LogP contribution in [0.4, 0.5) is 5.82 Å². The number of methoxy groups -OCH3 is 2. The molecule has 6 nitrogen and oxygen atoms in total. The van der Waals surface area contributed by atoms with Gasteiger partial charge in [0.2, 0.25) is 0 Å². The second-order valence-corrected chi connectivity index (χ2v) is 7.79. The molecule has 6 heteroatoms. The minimum absolute atomic E-state index is 0.0793. The third-order valence-corrected chi connectivity index (χ3v) is 6.24. The molecule has 0 N–H and O–H groups in total. The highest BCUT2D eigenvalue weighted by molar-refractivity contribution is 5.93. The van der Waals surface area contributed by atoms with Crippen LogP contribution in [0.5, 0.6) is 11.5 Å². The van der Waals surface area contributed by atoms with E-state index >= 15 is 0 Å². The molecule has 5 rings (SSSR count). The van der Waals surface area contributed by atoms with Crippen molar-refractivity contribution in [1.29, 1.82) is 0 Å². The van der Waals surface area contributed by atoms with E-state index in [0.717, 1.165) is 66.1 Å². The van der Waals surface area contributed by atoms with Crippen molar-refractivity contribution >= 4 is 16.7 Å². The Balaban J connectivity index is 1.41. The Kier molecular flexibility index (Phi) is 4.51. The first kappa shape index (κ1) is 18.2.